The zero-order valence-electron chi connectivity index (χ0n) is 17.8. The van der Waals surface area contributed by atoms with Gasteiger partial charge in [-0.25, -0.2) is 0 Å². The van der Waals surface area contributed by atoms with Crippen molar-refractivity contribution in [2.45, 2.75) is 33.1 Å². The van der Waals surface area contributed by atoms with Crippen molar-refractivity contribution in [2.75, 3.05) is 0 Å². The molecule has 0 saturated carbocycles. The Hall–Kier alpha value is -1.76. The number of fused-ring (bicyclic) bond motifs is 3. The number of hydrogen-bond donors (Lipinski definition) is 1. The summed E-state index contributed by atoms with van der Waals surface area (Å²) in [4.78, 5) is 18.3. The van der Waals surface area contributed by atoms with Crippen LogP contribution in [0.5, 0.6) is 0 Å². The van der Waals surface area contributed by atoms with Gasteiger partial charge >= 0.3 is 60.0 Å². The van der Waals surface area contributed by atoms with E-state index in [0.29, 0.717) is 5.92 Å². The SMILES string of the molecule is Cc1ccc(C(C)C)cc1.F[P-](F)(F)(F)(F)F.O=c1ccc2c([nH]1)-c1ncccc1C2.[Cl][Ru+]. The third-order valence-corrected chi connectivity index (χ3v) is 4.26. The van der Waals surface area contributed by atoms with E-state index in [0.717, 1.165) is 23.4 Å². The van der Waals surface area contributed by atoms with Gasteiger partial charge in [0.2, 0.25) is 5.56 Å². The standard InChI is InChI=1S/C11H8N2O.C10H14.ClH.F6P.Ru/c14-9-4-3-8-6-7-2-1-5-12-10(7)11(8)13-9;1-8(2)10-6-4-9(3)5-7-10;;1-7(2,3,4,5)6;/h1-5H,6H2,(H,13,14);4-8H,1-3H3;1H;;/q;;;-1;+2/p-1. The van der Waals surface area contributed by atoms with Crippen molar-refractivity contribution < 1.29 is 42.5 Å². The average Bonchev–Trinajstić information content (AvgIpc) is 3.06. The fourth-order valence-corrected chi connectivity index (χ4v) is 2.83. The van der Waals surface area contributed by atoms with Crippen molar-refractivity contribution in [3.8, 4) is 11.4 Å². The topological polar surface area (TPSA) is 45.8 Å². The number of nitrogens with one attached hydrogen (secondary N) is 1. The number of rotatable bonds is 1. The Balaban J connectivity index is 0.000000254. The Morgan fingerprint density at radius 2 is 1.48 bits per heavy atom. The maximum atomic E-state index is 11.2. The van der Waals surface area contributed by atoms with E-state index in [1.807, 2.05) is 35.5 Å². The summed E-state index contributed by atoms with van der Waals surface area (Å²) >= 11 is 1.82. The molecule has 0 saturated heterocycles. The molecule has 0 bridgehead atoms. The molecule has 1 aliphatic carbocycles. The van der Waals surface area contributed by atoms with E-state index < -0.39 is 7.81 Å². The van der Waals surface area contributed by atoms with E-state index in [9.17, 15) is 30.0 Å². The first-order valence-electron chi connectivity index (χ1n) is 9.42. The summed E-state index contributed by atoms with van der Waals surface area (Å²) in [7, 11) is -6.09. The molecule has 0 aliphatic heterocycles. The number of pyridine rings is 2. The van der Waals surface area contributed by atoms with E-state index in [4.69, 9.17) is 0 Å². The molecule has 0 atom stereocenters. The van der Waals surface area contributed by atoms with Crippen LogP contribution in [0.1, 0.15) is 42.0 Å². The Kier molecular flexibility index (Phi) is 9.46. The minimum absolute atomic E-state index is 0.0674. The van der Waals surface area contributed by atoms with Crippen LogP contribution in [-0.2, 0) is 23.7 Å². The molecule has 0 amide bonds. The van der Waals surface area contributed by atoms with Crippen LogP contribution in [0, 0.1) is 6.92 Å². The fraction of sp³-hybridized carbons (Fsp3) is 0.238. The van der Waals surface area contributed by atoms with Gasteiger partial charge in [0.25, 0.3) is 0 Å². The van der Waals surface area contributed by atoms with Gasteiger partial charge in [-0.1, -0.05) is 55.8 Å². The second-order valence-electron chi connectivity index (χ2n) is 7.43. The third-order valence-electron chi connectivity index (χ3n) is 4.26. The first-order valence-corrected chi connectivity index (χ1v) is 13.7. The van der Waals surface area contributed by atoms with E-state index in [-0.39, 0.29) is 5.56 Å². The summed E-state index contributed by atoms with van der Waals surface area (Å²) in [5.74, 6) is 0.653. The Morgan fingerprint density at radius 3 is 2.00 bits per heavy atom. The average molecular weight is 600 g/mol. The van der Waals surface area contributed by atoms with Crippen molar-refractivity contribution >= 4 is 17.5 Å². The predicted octanol–water partition coefficient (Wildman–Crippen LogP) is 8.53. The molecule has 0 fully saturated rings. The number of benzene rings is 1. The Labute approximate surface area is 201 Å². The summed E-state index contributed by atoms with van der Waals surface area (Å²) in [6.45, 7) is 6.54. The first-order chi connectivity index (χ1) is 15.0. The fourth-order valence-electron chi connectivity index (χ4n) is 2.83. The third kappa shape index (κ3) is 12.3. The summed E-state index contributed by atoms with van der Waals surface area (Å²) in [6, 6.07) is 16.1. The number of aromatic nitrogens is 2. The maximum absolute atomic E-state index is 11.2. The van der Waals surface area contributed by atoms with Gasteiger partial charge < -0.3 is 4.98 Å². The van der Waals surface area contributed by atoms with Crippen molar-refractivity contribution in [3.63, 3.8) is 0 Å². The monoisotopic (exact) mass is 600 g/mol. The molecular weight excluding hydrogens is 578 g/mol. The van der Waals surface area contributed by atoms with Crippen molar-refractivity contribution in [1.82, 2.24) is 9.97 Å². The summed E-state index contributed by atoms with van der Waals surface area (Å²) in [5.41, 5.74) is 6.83. The van der Waals surface area contributed by atoms with Gasteiger partial charge in [0.1, 0.15) is 0 Å². The zero-order chi connectivity index (χ0) is 25.5. The van der Waals surface area contributed by atoms with Crippen LogP contribution in [0.3, 0.4) is 0 Å². The molecule has 0 unspecified atom stereocenters. The molecule has 1 aliphatic rings. The zero-order valence-corrected chi connectivity index (χ0v) is 21.2. The molecule has 2 heterocycles. The molecule has 184 valence electrons. The van der Waals surface area contributed by atoms with Crippen LogP contribution in [0.15, 0.2) is 59.5 Å². The molecule has 0 radical (unpaired) electrons. The van der Waals surface area contributed by atoms with Crippen LogP contribution in [0.4, 0.5) is 25.2 Å². The Bertz CT molecular complexity index is 1110. The van der Waals surface area contributed by atoms with Crippen molar-refractivity contribution in [1.29, 1.82) is 0 Å². The van der Waals surface area contributed by atoms with Crippen LogP contribution in [0.25, 0.3) is 11.4 Å². The normalized spacial score (nSPS) is 13.5. The van der Waals surface area contributed by atoms with Crippen LogP contribution in [0.2, 0.25) is 0 Å². The molecule has 1 aromatic carbocycles. The number of H-pyrrole nitrogens is 1. The van der Waals surface area contributed by atoms with E-state index in [1.54, 1.807) is 12.3 Å². The number of nitrogens with zero attached hydrogens (tertiary/aromatic N) is 1. The first kappa shape index (κ1) is 29.3. The summed E-state index contributed by atoms with van der Waals surface area (Å²) in [6.07, 6.45) is 2.62. The summed E-state index contributed by atoms with van der Waals surface area (Å²) < 4.78 is 59.2. The number of hydrogen-bond acceptors (Lipinski definition) is 2. The molecule has 3 aromatic rings. The van der Waals surface area contributed by atoms with Crippen LogP contribution in [-0.4, -0.2) is 9.97 Å². The van der Waals surface area contributed by atoms with Gasteiger partial charge in [-0.05, 0) is 35.6 Å². The van der Waals surface area contributed by atoms with Gasteiger partial charge in [0, 0.05) is 18.7 Å². The van der Waals surface area contributed by atoms with Gasteiger partial charge in [0.05, 0.1) is 11.4 Å². The molecule has 1 N–H and O–H groups in total. The van der Waals surface area contributed by atoms with Crippen LogP contribution < -0.4 is 5.56 Å². The van der Waals surface area contributed by atoms with E-state index >= 15 is 0 Å². The molecule has 33 heavy (non-hydrogen) atoms. The number of halogens is 7. The van der Waals surface area contributed by atoms with E-state index in [2.05, 4.69) is 64.7 Å². The quantitative estimate of drug-likeness (QED) is 0.135. The second kappa shape index (κ2) is 10.7. The minimum atomic E-state index is -10.7. The molecule has 4 rings (SSSR count). The van der Waals surface area contributed by atoms with Gasteiger partial charge in [0.15, 0.2) is 0 Å². The van der Waals surface area contributed by atoms with Crippen molar-refractivity contribution in [3.05, 3.63) is 87.3 Å². The predicted molar refractivity (Wildman–Crippen MR) is 118 cm³/mol. The molecular formula is C21H22ClF6N2OPRu. The number of aromatic amines is 1. The van der Waals surface area contributed by atoms with Gasteiger partial charge in [-0.15, -0.1) is 0 Å². The molecule has 2 aromatic heterocycles. The van der Waals surface area contributed by atoms with Crippen LogP contribution >= 0.6 is 17.5 Å². The molecule has 0 spiro atoms. The Morgan fingerprint density at radius 1 is 0.939 bits per heavy atom. The number of aryl methyl sites for hydroxylation is 1. The van der Waals surface area contributed by atoms with Gasteiger partial charge in [-0.3, -0.25) is 9.78 Å². The second-order valence-corrected chi connectivity index (χ2v) is 9.35. The molecule has 12 heteroatoms. The van der Waals surface area contributed by atoms with Gasteiger partial charge in [-0.2, -0.15) is 0 Å². The summed E-state index contributed by atoms with van der Waals surface area (Å²) in [5, 5.41) is 0. The van der Waals surface area contributed by atoms with E-state index in [1.165, 1.54) is 16.7 Å². The van der Waals surface area contributed by atoms with Crippen molar-refractivity contribution in [2.24, 2.45) is 0 Å². The molecule has 3 nitrogen and oxygen atoms in total.